The van der Waals surface area contributed by atoms with Gasteiger partial charge in [0.25, 0.3) is 0 Å². The van der Waals surface area contributed by atoms with Gasteiger partial charge in [-0.3, -0.25) is 5.10 Å². The Kier molecular flexibility index (Phi) is 6.31. The van der Waals surface area contributed by atoms with Crippen molar-refractivity contribution in [1.82, 2.24) is 10.2 Å². The molecule has 0 spiro atoms. The van der Waals surface area contributed by atoms with Crippen LogP contribution in [0.5, 0.6) is 17.4 Å². The number of allylic oxidation sites excluding steroid dienone is 1. The molecule has 9 heteroatoms. The van der Waals surface area contributed by atoms with Crippen molar-refractivity contribution in [3.05, 3.63) is 79.7 Å². The summed E-state index contributed by atoms with van der Waals surface area (Å²) in [7, 11) is 0. The second-order valence-electron chi connectivity index (χ2n) is 7.17. The van der Waals surface area contributed by atoms with Crippen LogP contribution in [0, 0.1) is 18.3 Å². The first kappa shape index (κ1) is 22.1. The number of halogens is 2. The maximum absolute atomic E-state index is 9.80. The van der Waals surface area contributed by atoms with Crippen LogP contribution in [0.1, 0.15) is 35.2 Å². The number of ether oxygens (including phenoxy) is 3. The molecule has 0 saturated carbocycles. The van der Waals surface area contributed by atoms with E-state index in [1.807, 2.05) is 50.2 Å². The fraction of sp³-hybridized carbons (Fsp3) is 0.217. The minimum atomic E-state index is -0.455. The van der Waals surface area contributed by atoms with Gasteiger partial charge >= 0.3 is 0 Å². The fourth-order valence-electron chi connectivity index (χ4n) is 3.63. The normalized spacial score (nSPS) is 15.0. The quantitative estimate of drug-likeness (QED) is 0.460. The highest BCUT2D eigenvalue weighted by molar-refractivity contribution is 9.10. The number of nitrogens with two attached hydrogens (primary N) is 1. The third-order valence-electron chi connectivity index (χ3n) is 5.09. The smallest absolute Gasteiger partial charge is 0.244 e. The van der Waals surface area contributed by atoms with Gasteiger partial charge in [-0.15, -0.1) is 5.10 Å². The molecule has 0 fully saturated rings. The van der Waals surface area contributed by atoms with Crippen LogP contribution in [0.15, 0.2) is 52.3 Å². The van der Waals surface area contributed by atoms with E-state index in [0.29, 0.717) is 45.7 Å². The van der Waals surface area contributed by atoms with E-state index in [1.165, 1.54) is 0 Å². The Morgan fingerprint density at radius 1 is 1.28 bits per heavy atom. The molecule has 0 amide bonds. The van der Waals surface area contributed by atoms with Gasteiger partial charge in [0, 0.05) is 16.3 Å². The zero-order chi connectivity index (χ0) is 22.8. The average molecular weight is 516 g/mol. The highest BCUT2D eigenvalue weighted by atomic mass is 79.9. The molecule has 32 heavy (non-hydrogen) atoms. The van der Waals surface area contributed by atoms with Crippen molar-refractivity contribution >= 4 is 27.5 Å². The van der Waals surface area contributed by atoms with Gasteiger partial charge in [-0.1, -0.05) is 23.7 Å². The summed E-state index contributed by atoms with van der Waals surface area (Å²) in [5, 5.41) is 17.5. The van der Waals surface area contributed by atoms with Crippen molar-refractivity contribution in [2.24, 2.45) is 5.73 Å². The first-order valence-corrected chi connectivity index (χ1v) is 11.1. The number of nitrogens with one attached hydrogen (secondary N) is 1. The lowest BCUT2D eigenvalue weighted by Gasteiger charge is -2.25. The van der Waals surface area contributed by atoms with Crippen molar-refractivity contribution in [2.75, 3.05) is 6.61 Å². The summed E-state index contributed by atoms with van der Waals surface area (Å²) in [6.07, 6.45) is 0. The minimum Gasteiger partial charge on any atom is -0.490 e. The van der Waals surface area contributed by atoms with Gasteiger partial charge < -0.3 is 19.9 Å². The summed E-state index contributed by atoms with van der Waals surface area (Å²) in [4.78, 5) is 0. The molecule has 0 saturated heterocycles. The van der Waals surface area contributed by atoms with Crippen molar-refractivity contribution in [3.8, 4) is 23.4 Å². The second kappa shape index (κ2) is 9.15. The molecule has 1 atom stereocenters. The van der Waals surface area contributed by atoms with Crippen molar-refractivity contribution in [2.45, 2.75) is 26.4 Å². The molecular formula is C23H20BrClN4O3. The summed E-state index contributed by atoms with van der Waals surface area (Å²) in [6, 6.07) is 13.4. The Balaban J connectivity index is 1.75. The predicted octanol–water partition coefficient (Wildman–Crippen LogP) is 5.33. The number of aromatic nitrogens is 2. The Morgan fingerprint density at radius 2 is 2.03 bits per heavy atom. The number of aromatic amines is 1. The number of aryl methyl sites for hydroxylation is 1. The Bertz CT molecular complexity index is 1230. The van der Waals surface area contributed by atoms with E-state index in [1.54, 1.807) is 0 Å². The van der Waals surface area contributed by atoms with Gasteiger partial charge in [-0.05, 0) is 65.2 Å². The maximum atomic E-state index is 9.80. The van der Waals surface area contributed by atoms with E-state index >= 15 is 0 Å². The lowest BCUT2D eigenvalue weighted by molar-refractivity contribution is 0.267. The molecule has 0 radical (unpaired) electrons. The molecule has 0 bridgehead atoms. The molecule has 1 aliphatic heterocycles. The van der Waals surface area contributed by atoms with Crippen LogP contribution < -0.4 is 19.9 Å². The molecule has 2 heterocycles. The zero-order valence-corrected chi connectivity index (χ0v) is 19.8. The molecule has 1 aliphatic rings. The highest BCUT2D eigenvalue weighted by Gasteiger charge is 2.35. The van der Waals surface area contributed by atoms with E-state index in [4.69, 9.17) is 31.5 Å². The van der Waals surface area contributed by atoms with Gasteiger partial charge in [0.15, 0.2) is 11.5 Å². The number of fused-ring (bicyclic) bond motifs is 1. The SMILES string of the molecule is CCOc1cc([C@@H]2C(C#N)=C(N)Oc3n[nH]c(C)c32)cc(Br)c1OCc1ccc(Cl)cc1. The number of nitriles is 1. The number of nitrogens with zero attached hydrogens (tertiary/aromatic N) is 2. The molecule has 4 rings (SSSR count). The summed E-state index contributed by atoms with van der Waals surface area (Å²) < 4.78 is 18.2. The topological polar surface area (TPSA) is 106 Å². The largest absolute Gasteiger partial charge is 0.490 e. The van der Waals surface area contributed by atoms with E-state index in [9.17, 15) is 5.26 Å². The van der Waals surface area contributed by atoms with Crippen LogP contribution in [0.3, 0.4) is 0 Å². The molecule has 0 aliphatic carbocycles. The molecule has 3 N–H and O–H groups in total. The summed E-state index contributed by atoms with van der Waals surface area (Å²) in [5.41, 5.74) is 9.67. The number of hydrogen-bond acceptors (Lipinski definition) is 6. The van der Waals surface area contributed by atoms with Crippen molar-refractivity contribution < 1.29 is 14.2 Å². The van der Waals surface area contributed by atoms with Crippen LogP contribution in [0.4, 0.5) is 0 Å². The van der Waals surface area contributed by atoms with Gasteiger partial charge in [0.05, 0.1) is 17.0 Å². The van der Waals surface area contributed by atoms with Crippen molar-refractivity contribution in [3.63, 3.8) is 0 Å². The van der Waals surface area contributed by atoms with Gasteiger partial charge in [-0.2, -0.15) is 5.26 Å². The van der Waals surface area contributed by atoms with E-state index in [0.717, 1.165) is 22.4 Å². The minimum absolute atomic E-state index is 0.0358. The summed E-state index contributed by atoms with van der Waals surface area (Å²) in [6.45, 7) is 4.56. The average Bonchev–Trinajstić information content (AvgIpc) is 3.13. The van der Waals surface area contributed by atoms with Gasteiger partial charge in [0.1, 0.15) is 18.2 Å². The monoisotopic (exact) mass is 514 g/mol. The molecule has 2 aromatic carbocycles. The highest BCUT2D eigenvalue weighted by Crippen LogP contribution is 2.46. The number of hydrogen-bond donors (Lipinski definition) is 2. The van der Waals surface area contributed by atoms with Crippen LogP contribution in [-0.2, 0) is 6.61 Å². The standard InChI is InChI=1S/C23H20BrClN4O3/c1-3-30-18-9-14(8-17(24)21(18)31-11-13-4-6-15(25)7-5-13)20-16(10-26)22(27)32-23-19(20)12(2)28-29-23/h4-9,20H,3,11,27H2,1-2H3,(H,28,29)/t20-/m1/s1. The third-order valence-corrected chi connectivity index (χ3v) is 5.93. The number of benzene rings is 2. The molecule has 3 aromatic rings. The van der Waals surface area contributed by atoms with Crippen LogP contribution in [-0.4, -0.2) is 16.8 Å². The molecule has 164 valence electrons. The molecule has 1 aromatic heterocycles. The van der Waals surface area contributed by atoms with E-state index in [2.05, 4.69) is 32.2 Å². The third kappa shape index (κ3) is 4.14. The first-order chi connectivity index (χ1) is 15.4. The predicted molar refractivity (Wildman–Crippen MR) is 124 cm³/mol. The first-order valence-electron chi connectivity index (χ1n) is 9.88. The van der Waals surface area contributed by atoms with Crippen LogP contribution in [0.2, 0.25) is 5.02 Å². The number of H-pyrrole nitrogens is 1. The zero-order valence-electron chi connectivity index (χ0n) is 17.4. The summed E-state index contributed by atoms with van der Waals surface area (Å²) >= 11 is 9.58. The second-order valence-corrected chi connectivity index (χ2v) is 8.46. The Hall–Kier alpha value is -3.15. The Morgan fingerprint density at radius 3 is 2.72 bits per heavy atom. The fourth-order valence-corrected chi connectivity index (χ4v) is 4.33. The van der Waals surface area contributed by atoms with Gasteiger partial charge in [-0.25, -0.2) is 0 Å². The molecule has 7 nitrogen and oxygen atoms in total. The summed E-state index contributed by atoms with van der Waals surface area (Å²) in [5.74, 6) is 1.06. The van der Waals surface area contributed by atoms with E-state index < -0.39 is 5.92 Å². The van der Waals surface area contributed by atoms with Crippen LogP contribution >= 0.6 is 27.5 Å². The molecular weight excluding hydrogens is 496 g/mol. The number of rotatable bonds is 6. The molecule has 0 unspecified atom stereocenters. The lowest BCUT2D eigenvalue weighted by Crippen LogP contribution is -2.21. The van der Waals surface area contributed by atoms with Crippen molar-refractivity contribution in [1.29, 1.82) is 5.26 Å². The van der Waals surface area contributed by atoms with Crippen LogP contribution in [0.25, 0.3) is 0 Å². The van der Waals surface area contributed by atoms with Gasteiger partial charge in [0.2, 0.25) is 11.8 Å². The Labute approximate surface area is 198 Å². The van der Waals surface area contributed by atoms with E-state index in [-0.39, 0.29) is 5.88 Å². The lowest BCUT2D eigenvalue weighted by atomic mass is 9.84. The maximum Gasteiger partial charge on any atom is 0.244 e.